The summed E-state index contributed by atoms with van der Waals surface area (Å²) in [5.74, 6) is -1.47. The Hall–Kier alpha value is -1.62. The molecule has 1 heterocycles. The second-order valence-electron chi connectivity index (χ2n) is 4.92. The van der Waals surface area contributed by atoms with Crippen LogP contribution in [0.4, 0.5) is 4.39 Å². The quantitative estimate of drug-likeness (QED) is 0.806. The average molecular weight is 314 g/mol. The number of nitrogens with zero attached hydrogens (tertiary/aromatic N) is 1. The van der Waals surface area contributed by atoms with Crippen LogP contribution in [0.25, 0.3) is 0 Å². The molecule has 2 rings (SSSR count). The SMILES string of the molecule is CCOC(=O)C1CCN(C(=O)c2c(F)cccc2Cl)CC1. The molecule has 0 N–H and O–H groups in total. The number of carbonyl (C=O) groups is 2. The zero-order valence-corrected chi connectivity index (χ0v) is 12.5. The molecule has 0 radical (unpaired) electrons. The second-order valence-corrected chi connectivity index (χ2v) is 5.32. The number of ether oxygens (including phenoxy) is 1. The van der Waals surface area contributed by atoms with Gasteiger partial charge in [-0.25, -0.2) is 4.39 Å². The van der Waals surface area contributed by atoms with E-state index in [1.807, 2.05) is 0 Å². The van der Waals surface area contributed by atoms with Crippen molar-refractivity contribution in [2.24, 2.45) is 5.92 Å². The predicted molar refractivity (Wildman–Crippen MR) is 76.7 cm³/mol. The molecule has 1 aliphatic heterocycles. The predicted octanol–water partition coefficient (Wildman–Crippen LogP) is 2.89. The van der Waals surface area contributed by atoms with Crippen molar-refractivity contribution >= 4 is 23.5 Å². The van der Waals surface area contributed by atoms with E-state index in [4.69, 9.17) is 16.3 Å². The minimum absolute atomic E-state index is 0.103. The van der Waals surface area contributed by atoms with Crippen LogP contribution in [0.1, 0.15) is 30.1 Å². The molecule has 0 atom stereocenters. The topological polar surface area (TPSA) is 46.6 Å². The molecule has 4 nitrogen and oxygen atoms in total. The monoisotopic (exact) mass is 313 g/mol. The van der Waals surface area contributed by atoms with Crippen molar-refractivity contribution in [1.82, 2.24) is 4.90 Å². The lowest BCUT2D eigenvalue weighted by Crippen LogP contribution is -2.41. The van der Waals surface area contributed by atoms with Gasteiger partial charge in [0.2, 0.25) is 0 Å². The fourth-order valence-corrected chi connectivity index (χ4v) is 2.68. The molecular weight excluding hydrogens is 297 g/mol. The van der Waals surface area contributed by atoms with Gasteiger partial charge in [-0.05, 0) is 31.9 Å². The molecule has 1 amide bonds. The Labute approximate surface area is 127 Å². The number of hydrogen-bond donors (Lipinski definition) is 0. The highest BCUT2D eigenvalue weighted by atomic mass is 35.5. The molecule has 1 aromatic rings. The van der Waals surface area contributed by atoms with E-state index >= 15 is 0 Å². The maximum absolute atomic E-state index is 13.8. The smallest absolute Gasteiger partial charge is 0.309 e. The van der Waals surface area contributed by atoms with Gasteiger partial charge in [0.05, 0.1) is 23.1 Å². The van der Waals surface area contributed by atoms with Crippen molar-refractivity contribution in [3.05, 3.63) is 34.6 Å². The number of amides is 1. The van der Waals surface area contributed by atoms with E-state index in [0.717, 1.165) is 0 Å². The number of carbonyl (C=O) groups excluding carboxylic acids is 2. The van der Waals surface area contributed by atoms with Gasteiger partial charge in [0.15, 0.2) is 0 Å². The van der Waals surface area contributed by atoms with Crippen molar-refractivity contribution in [2.45, 2.75) is 19.8 Å². The first-order chi connectivity index (χ1) is 10.0. The summed E-state index contributed by atoms with van der Waals surface area (Å²) in [5.41, 5.74) is -0.103. The highest BCUT2D eigenvalue weighted by molar-refractivity contribution is 6.33. The van der Waals surface area contributed by atoms with Crippen LogP contribution < -0.4 is 0 Å². The maximum Gasteiger partial charge on any atom is 0.309 e. The summed E-state index contributed by atoms with van der Waals surface area (Å²) in [6, 6.07) is 4.16. The van der Waals surface area contributed by atoms with Crippen LogP contribution in [0.2, 0.25) is 5.02 Å². The van der Waals surface area contributed by atoms with Crippen molar-refractivity contribution < 1.29 is 18.7 Å². The van der Waals surface area contributed by atoms with Gasteiger partial charge in [0.1, 0.15) is 5.82 Å². The maximum atomic E-state index is 13.8. The summed E-state index contributed by atoms with van der Waals surface area (Å²) in [7, 11) is 0. The lowest BCUT2D eigenvalue weighted by atomic mass is 9.96. The van der Waals surface area contributed by atoms with Gasteiger partial charge in [-0.2, -0.15) is 0 Å². The molecule has 1 aromatic carbocycles. The summed E-state index contributed by atoms with van der Waals surface area (Å²) < 4.78 is 18.7. The zero-order valence-electron chi connectivity index (χ0n) is 11.8. The Kier molecular flexibility index (Phi) is 5.17. The number of piperidine rings is 1. The molecule has 21 heavy (non-hydrogen) atoms. The standard InChI is InChI=1S/C15H17ClFNO3/c1-2-21-15(20)10-6-8-18(9-7-10)14(19)13-11(16)4-3-5-12(13)17/h3-5,10H,2,6-9H2,1H3. The Morgan fingerprint density at radius 2 is 2.05 bits per heavy atom. The molecule has 1 aliphatic rings. The Balaban J connectivity index is 2.02. The van der Waals surface area contributed by atoms with E-state index in [9.17, 15) is 14.0 Å². The molecule has 0 spiro atoms. The molecule has 1 fully saturated rings. The molecule has 6 heteroatoms. The first kappa shape index (κ1) is 15.8. The second kappa shape index (κ2) is 6.89. The Morgan fingerprint density at radius 1 is 1.38 bits per heavy atom. The van der Waals surface area contributed by atoms with Gasteiger partial charge in [0, 0.05) is 13.1 Å². The highest BCUT2D eigenvalue weighted by Gasteiger charge is 2.30. The third-order valence-corrected chi connectivity index (χ3v) is 3.89. The molecule has 0 saturated carbocycles. The highest BCUT2D eigenvalue weighted by Crippen LogP contribution is 2.24. The van der Waals surface area contributed by atoms with Gasteiger partial charge in [-0.15, -0.1) is 0 Å². The number of likely N-dealkylation sites (tertiary alicyclic amines) is 1. The van der Waals surface area contributed by atoms with Gasteiger partial charge >= 0.3 is 5.97 Å². The van der Waals surface area contributed by atoms with Crippen LogP contribution in [0.5, 0.6) is 0 Å². The van der Waals surface area contributed by atoms with Crippen LogP contribution in [-0.4, -0.2) is 36.5 Å². The fourth-order valence-electron chi connectivity index (χ4n) is 2.44. The van der Waals surface area contributed by atoms with E-state index in [0.29, 0.717) is 32.5 Å². The Morgan fingerprint density at radius 3 is 2.62 bits per heavy atom. The van der Waals surface area contributed by atoms with Crippen molar-refractivity contribution in [3.63, 3.8) is 0 Å². The lowest BCUT2D eigenvalue weighted by Gasteiger charge is -2.31. The summed E-state index contributed by atoms with van der Waals surface area (Å²) >= 11 is 5.90. The van der Waals surface area contributed by atoms with Crippen LogP contribution in [-0.2, 0) is 9.53 Å². The molecule has 1 saturated heterocycles. The largest absolute Gasteiger partial charge is 0.466 e. The van der Waals surface area contributed by atoms with E-state index < -0.39 is 11.7 Å². The molecule has 114 valence electrons. The molecule has 0 unspecified atom stereocenters. The number of halogens is 2. The minimum Gasteiger partial charge on any atom is -0.466 e. The third-order valence-electron chi connectivity index (χ3n) is 3.58. The molecular formula is C15H17ClFNO3. The van der Waals surface area contributed by atoms with Crippen molar-refractivity contribution in [2.75, 3.05) is 19.7 Å². The zero-order chi connectivity index (χ0) is 15.4. The lowest BCUT2D eigenvalue weighted by molar-refractivity contribution is -0.149. The molecule has 0 bridgehead atoms. The van der Waals surface area contributed by atoms with Gasteiger partial charge in [-0.3, -0.25) is 9.59 Å². The number of esters is 1. The number of benzene rings is 1. The van der Waals surface area contributed by atoms with E-state index in [2.05, 4.69) is 0 Å². The first-order valence-electron chi connectivity index (χ1n) is 6.94. The fraction of sp³-hybridized carbons (Fsp3) is 0.467. The van der Waals surface area contributed by atoms with E-state index in [-0.39, 0.29) is 22.5 Å². The third kappa shape index (κ3) is 3.53. The normalized spacial score (nSPS) is 15.9. The average Bonchev–Trinajstić information content (AvgIpc) is 2.47. The molecule has 0 aliphatic carbocycles. The summed E-state index contributed by atoms with van der Waals surface area (Å²) in [6.07, 6.45) is 1.05. The van der Waals surface area contributed by atoms with Crippen molar-refractivity contribution in [1.29, 1.82) is 0 Å². The van der Waals surface area contributed by atoms with E-state index in [1.54, 1.807) is 6.92 Å². The number of hydrogen-bond acceptors (Lipinski definition) is 3. The van der Waals surface area contributed by atoms with Gasteiger partial charge in [0.25, 0.3) is 5.91 Å². The number of rotatable bonds is 3. The summed E-state index contributed by atoms with van der Waals surface area (Å²) in [5, 5.41) is 0.104. The van der Waals surface area contributed by atoms with Crippen LogP contribution in [0.15, 0.2) is 18.2 Å². The summed E-state index contributed by atoms with van der Waals surface area (Å²) in [4.78, 5) is 25.5. The van der Waals surface area contributed by atoms with Crippen LogP contribution in [0, 0.1) is 11.7 Å². The van der Waals surface area contributed by atoms with Crippen LogP contribution in [0.3, 0.4) is 0 Å². The van der Waals surface area contributed by atoms with E-state index in [1.165, 1.54) is 23.1 Å². The molecule has 0 aromatic heterocycles. The van der Waals surface area contributed by atoms with Gasteiger partial charge < -0.3 is 9.64 Å². The van der Waals surface area contributed by atoms with Crippen molar-refractivity contribution in [3.8, 4) is 0 Å². The first-order valence-corrected chi connectivity index (χ1v) is 7.32. The van der Waals surface area contributed by atoms with Crippen LogP contribution >= 0.6 is 11.6 Å². The summed E-state index contributed by atoms with van der Waals surface area (Å²) in [6.45, 7) is 2.90. The van der Waals surface area contributed by atoms with Gasteiger partial charge in [-0.1, -0.05) is 17.7 Å². The minimum atomic E-state index is -0.625. The Bertz CT molecular complexity index is 521.